The Morgan fingerprint density at radius 3 is 2.83 bits per heavy atom. The van der Waals surface area contributed by atoms with Crippen LogP contribution in [0.15, 0.2) is 23.8 Å². The van der Waals surface area contributed by atoms with Gasteiger partial charge in [0.25, 0.3) is 5.92 Å². The number of terminal acetylenes is 1. The number of fused-ring (bicyclic) bond motifs is 5. The highest BCUT2D eigenvalue weighted by Crippen LogP contribution is 2.67. The minimum atomic E-state index is -2.89. The van der Waals surface area contributed by atoms with Crippen molar-refractivity contribution in [2.24, 2.45) is 28.6 Å². The fraction of sp³-hybridized carbons (Fsp3) is 0.667. The van der Waals surface area contributed by atoms with E-state index in [1.54, 1.807) is 6.08 Å². The van der Waals surface area contributed by atoms with Crippen LogP contribution < -0.4 is 0 Å². The number of ketones is 1. The summed E-state index contributed by atoms with van der Waals surface area (Å²) in [6, 6.07) is 0. The minimum absolute atomic E-state index is 0.00426. The Labute approximate surface area is 142 Å². The predicted molar refractivity (Wildman–Crippen MR) is 89.3 cm³/mol. The second-order valence-electron chi connectivity index (χ2n) is 8.54. The largest absolute Gasteiger partial charge is 0.290 e. The van der Waals surface area contributed by atoms with Gasteiger partial charge in [0.2, 0.25) is 0 Å². The summed E-state index contributed by atoms with van der Waals surface area (Å²) in [5.41, 5.74) is -0.561. The Bertz CT molecular complexity index is 682. The molecule has 3 fully saturated rings. The van der Waals surface area contributed by atoms with Crippen molar-refractivity contribution in [3.8, 4) is 12.3 Å². The first-order valence-electron chi connectivity index (χ1n) is 9.10. The van der Waals surface area contributed by atoms with E-state index >= 15 is 8.78 Å². The highest BCUT2D eigenvalue weighted by molar-refractivity contribution is 6.01. The molecule has 0 amide bonds. The maximum atomic E-state index is 15.0. The van der Waals surface area contributed by atoms with Crippen LogP contribution in [0.4, 0.5) is 8.78 Å². The molecule has 5 atom stereocenters. The molecule has 128 valence electrons. The first-order chi connectivity index (χ1) is 11.3. The molecule has 0 aromatic rings. The Morgan fingerprint density at radius 2 is 2.08 bits per heavy atom. The molecule has 0 aromatic carbocycles. The molecule has 0 unspecified atom stereocenters. The third-order valence-corrected chi connectivity index (χ3v) is 7.53. The van der Waals surface area contributed by atoms with E-state index < -0.39 is 11.3 Å². The molecule has 4 aliphatic rings. The molecule has 4 aliphatic carbocycles. The van der Waals surface area contributed by atoms with Crippen molar-refractivity contribution in [1.82, 2.24) is 0 Å². The molecule has 0 radical (unpaired) electrons. The van der Waals surface area contributed by atoms with Crippen LogP contribution in [0.25, 0.3) is 0 Å². The Kier molecular flexibility index (Phi) is 3.37. The molecule has 0 N–H and O–H groups in total. The topological polar surface area (TPSA) is 17.1 Å². The Hall–Kier alpha value is -1.43. The average molecular weight is 330 g/mol. The standard InChI is InChI=1S/C21H24F2O/c1-3-8-20-9-4-5-17(20)15-13-21(22,23)18-12-14(24)6-10-19(18,2)16(15)7-11-20/h1,6,10,12,15-17H,4-5,7-9,11,13H2,2H3/t15-,16+,17+,19-,20+/m1/s1. The van der Waals surface area contributed by atoms with Crippen molar-refractivity contribution in [1.29, 1.82) is 0 Å². The normalized spacial score (nSPS) is 45.7. The SMILES string of the molecule is C#CC[C@@]12CCC[C@H]1[C@@H]1CC(F)(F)C3=CC(=O)C=C[C@]3(C)[C@H]1CC2. The zero-order chi connectivity index (χ0) is 17.2. The third kappa shape index (κ3) is 2.01. The maximum Gasteiger partial charge on any atom is 0.270 e. The van der Waals surface area contributed by atoms with Gasteiger partial charge in [-0.1, -0.05) is 19.4 Å². The van der Waals surface area contributed by atoms with Gasteiger partial charge in [-0.3, -0.25) is 4.79 Å². The minimum Gasteiger partial charge on any atom is -0.290 e. The van der Waals surface area contributed by atoms with Crippen LogP contribution in [-0.2, 0) is 4.79 Å². The highest BCUT2D eigenvalue weighted by atomic mass is 19.3. The van der Waals surface area contributed by atoms with Crippen LogP contribution in [0.2, 0.25) is 0 Å². The first kappa shape index (κ1) is 16.1. The van der Waals surface area contributed by atoms with Crippen LogP contribution in [0.3, 0.4) is 0 Å². The number of carbonyl (C=O) groups is 1. The van der Waals surface area contributed by atoms with Crippen LogP contribution >= 0.6 is 0 Å². The van der Waals surface area contributed by atoms with Gasteiger partial charge < -0.3 is 0 Å². The second-order valence-corrected chi connectivity index (χ2v) is 8.54. The van der Waals surface area contributed by atoms with Crippen molar-refractivity contribution in [2.75, 3.05) is 0 Å². The molecule has 0 aromatic heterocycles. The van der Waals surface area contributed by atoms with E-state index in [-0.39, 0.29) is 35.0 Å². The number of halogens is 2. The summed E-state index contributed by atoms with van der Waals surface area (Å²) >= 11 is 0. The zero-order valence-corrected chi connectivity index (χ0v) is 14.2. The van der Waals surface area contributed by atoms with Crippen LogP contribution in [-0.4, -0.2) is 11.7 Å². The molecule has 3 saturated carbocycles. The fourth-order valence-corrected chi connectivity index (χ4v) is 6.54. The number of alkyl halides is 2. The number of hydrogen-bond acceptors (Lipinski definition) is 1. The van der Waals surface area contributed by atoms with Crippen molar-refractivity contribution in [3.05, 3.63) is 23.8 Å². The summed E-state index contributed by atoms with van der Waals surface area (Å²) in [6.07, 6.45) is 15.9. The monoisotopic (exact) mass is 330 g/mol. The number of rotatable bonds is 1. The molecule has 24 heavy (non-hydrogen) atoms. The highest BCUT2D eigenvalue weighted by Gasteiger charge is 2.63. The van der Waals surface area contributed by atoms with Crippen LogP contribution in [0.1, 0.15) is 51.9 Å². The van der Waals surface area contributed by atoms with E-state index in [0.717, 1.165) is 38.5 Å². The lowest BCUT2D eigenvalue weighted by Gasteiger charge is -2.58. The quantitative estimate of drug-likeness (QED) is 0.623. The molecule has 0 aliphatic heterocycles. The molecular weight excluding hydrogens is 306 g/mol. The second kappa shape index (κ2) is 5.04. The molecule has 0 saturated heterocycles. The summed E-state index contributed by atoms with van der Waals surface area (Å²) in [5.74, 6) is 0.141. The fourth-order valence-electron chi connectivity index (χ4n) is 6.54. The van der Waals surface area contributed by atoms with Crippen LogP contribution in [0, 0.1) is 40.9 Å². The average Bonchev–Trinajstić information content (AvgIpc) is 2.93. The Balaban J connectivity index is 1.77. The predicted octanol–water partition coefficient (Wildman–Crippen LogP) is 4.93. The smallest absolute Gasteiger partial charge is 0.270 e. The van der Waals surface area contributed by atoms with Gasteiger partial charge in [-0.15, -0.1) is 12.3 Å². The van der Waals surface area contributed by atoms with E-state index in [2.05, 4.69) is 5.92 Å². The van der Waals surface area contributed by atoms with Gasteiger partial charge in [-0.05, 0) is 61.0 Å². The van der Waals surface area contributed by atoms with Gasteiger partial charge in [0.05, 0.1) is 0 Å². The van der Waals surface area contributed by atoms with Gasteiger partial charge in [0, 0.05) is 23.8 Å². The number of hydrogen-bond donors (Lipinski definition) is 0. The van der Waals surface area contributed by atoms with Gasteiger partial charge >= 0.3 is 0 Å². The summed E-state index contributed by atoms with van der Waals surface area (Å²) < 4.78 is 30.0. The van der Waals surface area contributed by atoms with Gasteiger partial charge in [0.15, 0.2) is 5.78 Å². The van der Waals surface area contributed by atoms with Gasteiger partial charge in [-0.25, -0.2) is 8.78 Å². The lowest BCUT2D eigenvalue weighted by atomic mass is 9.47. The maximum absolute atomic E-state index is 15.0. The van der Waals surface area contributed by atoms with E-state index in [4.69, 9.17) is 6.42 Å². The lowest BCUT2D eigenvalue weighted by molar-refractivity contribution is -0.118. The number of allylic oxidation sites excluding steroid dienone is 4. The van der Waals surface area contributed by atoms with Crippen LogP contribution in [0.5, 0.6) is 0 Å². The van der Waals surface area contributed by atoms with Crippen molar-refractivity contribution in [3.63, 3.8) is 0 Å². The zero-order valence-electron chi connectivity index (χ0n) is 14.2. The third-order valence-electron chi connectivity index (χ3n) is 7.53. The first-order valence-corrected chi connectivity index (χ1v) is 9.10. The van der Waals surface area contributed by atoms with E-state index in [1.165, 1.54) is 12.2 Å². The molecule has 1 nitrogen and oxygen atoms in total. The molecule has 0 bridgehead atoms. The van der Waals surface area contributed by atoms with Gasteiger partial charge in [-0.2, -0.15) is 0 Å². The van der Waals surface area contributed by atoms with Crippen molar-refractivity contribution >= 4 is 5.78 Å². The molecular formula is C21H24F2O. The van der Waals surface area contributed by atoms with Crippen molar-refractivity contribution in [2.45, 2.75) is 57.8 Å². The molecule has 4 rings (SSSR count). The summed E-state index contributed by atoms with van der Waals surface area (Å²) in [5, 5.41) is 0. The number of carbonyl (C=O) groups excluding carboxylic acids is 1. The van der Waals surface area contributed by atoms with E-state index in [0.29, 0.717) is 5.92 Å². The molecule has 3 heteroatoms. The van der Waals surface area contributed by atoms with E-state index in [9.17, 15) is 4.79 Å². The molecule has 0 heterocycles. The van der Waals surface area contributed by atoms with Crippen molar-refractivity contribution < 1.29 is 13.6 Å². The molecule has 0 spiro atoms. The summed E-state index contributed by atoms with van der Waals surface area (Å²) in [6.45, 7) is 1.91. The van der Waals surface area contributed by atoms with Gasteiger partial charge in [0.1, 0.15) is 0 Å². The summed E-state index contributed by atoms with van der Waals surface area (Å²) in [4.78, 5) is 11.7. The Morgan fingerprint density at radius 1 is 1.29 bits per heavy atom. The summed E-state index contributed by atoms with van der Waals surface area (Å²) in [7, 11) is 0. The van der Waals surface area contributed by atoms with E-state index in [1.807, 2.05) is 6.92 Å². The lowest BCUT2D eigenvalue weighted by Crippen LogP contribution is -2.54.